The van der Waals surface area contributed by atoms with Gasteiger partial charge >= 0.3 is 0 Å². The second-order valence-electron chi connectivity index (χ2n) is 4.66. The van der Waals surface area contributed by atoms with Gasteiger partial charge in [0.05, 0.1) is 6.10 Å². The third-order valence-corrected chi connectivity index (χ3v) is 4.45. The first-order valence-corrected chi connectivity index (χ1v) is 6.93. The van der Waals surface area contributed by atoms with Gasteiger partial charge in [0.2, 0.25) is 0 Å². The molecule has 1 heterocycles. The molecule has 0 amide bonds. The number of ether oxygens (including phenoxy) is 1. The van der Waals surface area contributed by atoms with Crippen LogP contribution in [0.4, 0.5) is 0 Å². The molecular weight excluding hydrogens is 218 g/mol. The zero-order chi connectivity index (χ0) is 11.4. The van der Waals surface area contributed by atoms with Crippen LogP contribution in [0.2, 0.25) is 0 Å². The summed E-state index contributed by atoms with van der Waals surface area (Å²) in [6.07, 6.45) is 5.50. The Morgan fingerprint density at radius 3 is 2.69 bits per heavy atom. The van der Waals surface area contributed by atoms with E-state index in [4.69, 9.17) is 4.74 Å². The lowest BCUT2D eigenvalue weighted by Gasteiger charge is -2.33. The average Bonchev–Trinajstić information content (AvgIpc) is 2.82. The number of methoxy groups -OCH3 is 1. The third-order valence-electron chi connectivity index (χ3n) is 3.59. The Labute approximate surface area is 102 Å². The van der Waals surface area contributed by atoms with Crippen molar-refractivity contribution in [2.75, 3.05) is 14.2 Å². The molecule has 0 spiro atoms. The zero-order valence-corrected chi connectivity index (χ0v) is 11.0. The summed E-state index contributed by atoms with van der Waals surface area (Å²) >= 11 is 1.85. The molecule has 2 nitrogen and oxygen atoms in total. The summed E-state index contributed by atoms with van der Waals surface area (Å²) < 4.78 is 5.41. The van der Waals surface area contributed by atoms with Gasteiger partial charge in [-0.15, -0.1) is 11.3 Å². The Morgan fingerprint density at radius 1 is 1.38 bits per heavy atom. The number of hydrogen-bond donors (Lipinski definition) is 0. The molecule has 1 aliphatic carbocycles. The molecule has 0 bridgehead atoms. The molecule has 1 saturated carbocycles. The van der Waals surface area contributed by atoms with E-state index >= 15 is 0 Å². The standard InChI is InChI=1S/C13H21NOS/c1-14(10-13-4-3-9-16-13)11-5-7-12(15-2)8-6-11/h3-4,9,11-12H,5-8,10H2,1-2H3. The molecule has 0 aromatic carbocycles. The summed E-state index contributed by atoms with van der Waals surface area (Å²) in [6, 6.07) is 5.10. The smallest absolute Gasteiger partial charge is 0.0572 e. The van der Waals surface area contributed by atoms with Crippen LogP contribution in [0.3, 0.4) is 0 Å². The van der Waals surface area contributed by atoms with Crippen LogP contribution < -0.4 is 0 Å². The topological polar surface area (TPSA) is 12.5 Å². The van der Waals surface area contributed by atoms with E-state index in [-0.39, 0.29) is 0 Å². The minimum absolute atomic E-state index is 0.506. The SMILES string of the molecule is COC1CCC(N(C)Cc2cccs2)CC1. The van der Waals surface area contributed by atoms with Crippen LogP contribution in [0, 0.1) is 0 Å². The number of nitrogens with zero attached hydrogens (tertiary/aromatic N) is 1. The van der Waals surface area contributed by atoms with Crippen LogP contribution in [0.15, 0.2) is 17.5 Å². The summed E-state index contributed by atoms with van der Waals surface area (Å²) in [7, 11) is 4.08. The first kappa shape index (κ1) is 12.1. The maximum Gasteiger partial charge on any atom is 0.0572 e. The van der Waals surface area contributed by atoms with Crippen molar-refractivity contribution >= 4 is 11.3 Å². The van der Waals surface area contributed by atoms with Gasteiger partial charge in [-0.2, -0.15) is 0 Å². The van der Waals surface area contributed by atoms with Gasteiger partial charge in [-0.25, -0.2) is 0 Å². The highest BCUT2D eigenvalue weighted by atomic mass is 32.1. The summed E-state index contributed by atoms with van der Waals surface area (Å²) in [5.41, 5.74) is 0. The van der Waals surface area contributed by atoms with Crippen LogP contribution in [-0.2, 0) is 11.3 Å². The fraction of sp³-hybridized carbons (Fsp3) is 0.692. The molecule has 0 N–H and O–H groups in total. The fourth-order valence-electron chi connectivity index (χ4n) is 2.50. The van der Waals surface area contributed by atoms with E-state index in [0.717, 1.165) is 12.6 Å². The molecule has 2 rings (SSSR count). The number of thiophene rings is 1. The minimum atomic E-state index is 0.506. The van der Waals surface area contributed by atoms with E-state index in [9.17, 15) is 0 Å². The highest BCUT2D eigenvalue weighted by Crippen LogP contribution is 2.25. The van der Waals surface area contributed by atoms with Gasteiger partial charge in [-0.3, -0.25) is 4.90 Å². The quantitative estimate of drug-likeness (QED) is 0.800. The van der Waals surface area contributed by atoms with Crippen LogP contribution in [-0.4, -0.2) is 31.2 Å². The number of hydrogen-bond acceptors (Lipinski definition) is 3. The highest BCUT2D eigenvalue weighted by molar-refractivity contribution is 7.09. The van der Waals surface area contributed by atoms with Gasteiger partial charge in [0.1, 0.15) is 0 Å². The van der Waals surface area contributed by atoms with Crippen LogP contribution >= 0.6 is 11.3 Å². The van der Waals surface area contributed by atoms with Crippen molar-refractivity contribution in [1.82, 2.24) is 4.90 Å². The first-order valence-electron chi connectivity index (χ1n) is 6.05. The van der Waals surface area contributed by atoms with Crippen molar-refractivity contribution in [3.8, 4) is 0 Å². The van der Waals surface area contributed by atoms with Crippen molar-refractivity contribution in [3.05, 3.63) is 22.4 Å². The van der Waals surface area contributed by atoms with Gasteiger partial charge in [0.15, 0.2) is 0 Å². The maximum atomic E-state index is 5.41. The lowest BCUT2D eigenvalue weighted by molar-refractivity contribution is 0.0429. The van der Waals surface area contributed by atoms with E-state index in [1.54, 1.807) is 0 Å². The minimum Gasteiger partial charge on any atom is -0.381 e. The Hall–Kier alpha value is -0.380. The Balaban J connectivity index is 1.80. The van der Waals surface area contributed by atoms with Crippen molar-refractivity contribution in [3.63, 3.8) is 0 Å². The Morgan fingerprint density at radius 2 is 2.12 bits per heavy atom. The molecule has 90 valence electrons. The van der Waals surface area contributed by atoms with E-state index in [0.29, 0.717) is 6.10 Å². The van der Waals surface area contributed by atoms with Gasteiger partial charge in [0, 0.05) is 24.6 Å². The highest BCUT2D eigenvalue weighted by Gasteiger charge is 2.23. The van der Waals surface area contributed by atoms with Crippen molar-refractivity contribution in [2.45, 2.75) is 44.4 Å². The second kappa shape index (κ2) is 5.80. The second-order valence-corrected chi connectivity index (χ2v) is 5.69. The van der Waals surface area contributed by atoms with Crippen molar-refractivity contribution in [2.24, 2.45) is 0 Å². The van der Waals surface area contributed by atoms with Crippen molar-refractivity contribution in [1.29, 1.82) is 0 Å². The molecule has 1 aromatic rings. The molecule has 1 fully saturated rings. The zero-order valence-electron chi connectivity index (χ0n) is 10.2. The van der Waals surface area contributed by atoms with Crippen LogP contribution in [0.1, 0.15) is 30.6 Å². The predicted molar refractivity (Wildman–Crippen MR) is 68.8 cm³/mol. The summed E-state index contributed by atoms with van der Waals surface area (Å²) in [5.74, 6) is 0. The van der Waals surface area contributed by atoms with Gasteiger partial charge in [-0.05, 0) is 44.2 Å². The Kier molecular flexibility index (Phi) is 4.38. The van der Waals surface area contributed by atoms with E-state index in [1.165, 1.54) is 30.6 Å². The fourth-order valence-corrected chi connectivity index (χ4v) is 3.27. The van der Waals surface area contributed by atoms with E-state index in [1.807, 2.05) is 18.4 Å². The monoisotopic (exact) mass is 239 g/mol. The van der Waals surface area contributed by atoms with Gasteiger partial charge < -0.3 is 4.74 Å². The van der Waals surface area contributed by atoms with Crippen LogP contribution in [0.5, 0.6) is 0 Å². The summed E-state index contributed by atoms with van der Waals surface area (Å²) in [5, 5.41) is 2.16. The molecule has 0 aliphatic heterocycles. The summed E-state index contributed by atoms with van der Waals surface area (Å²) in [6.45, 7) is 1.10. The molecule has 0 saturated heterocycles. The maximum absolute atomic E-state index is 5.41. The van der Waals surface area contributed by atoms with Crippen LogP contribution in [0.25, 0.3) is 0 Å². The molecule has 3 heteroatoms. The van der Waals surface area contributed by atoms with Crippen molar-refractivity contribution < 1.29 is 4.74 Å². The number of rotatable bonds is 4. The Bertz CT molecular complexity index is 291. The molecular formula is C13H21NOS. The molecule has 0 atom stereocenters. The lowest BCUT2D eigenvalue weighted by Crippen LogP contribution is -2.36. The molecule has 1 aromatic heterocycles. The van der Waals surface area contributed by atoms with Gasteiger partial charge in [-0.1, -0.05) is 6.07 Å². The van der Waals surface area contributed by atoms with E-state index in [2.05, 4.69) is 29.5 Å². The largest absolute Gasteiger partial charge is 0.381 e. The first-order chi connectivity index (χ1) is 7.79. The normalized spacial score (nSPS) is 26.2. The lowest BCUT2D eigenvalue weighted by atomic mass is 9.92. The van der Waals surface area contributed by atoms with E-state index < -0.39 is 0 Å². The molecule has 0 radical (unpaired) electrons. The third kappa shape index (κ3) is 3.06. The molecule has 16 heavy (non-hydrogen) atoms. The predicted octanol–water partition coefficient (Wildman–Crippen LogP) is 3.14. The summed E-state index contributed by atoms with van der Waals surface area (Å²) in [4.78, 5) is 3.97. The average molecular weight is 239 g/mol. The van der Waals surface area contributed by atoms with Gasteiger partial charge in [0.25, 0.3) is 0 Å². The molecule has 0 unspecified atom stereocenters. The molecule has 1 aliphatic rings.